The molecule has 0 saturated heterocycles. The highest BCUT2D eigenvalue weighted by molar-refractivity contribution is 9.10. The zero-order valence-corrected chi connectivity index (χ0v) is 12.5. The molecule has 2 nitrogen and oxygen atoms in total. The Kier molecular flexibility index (Phi) is 4.36. The summed E-state index contributed by atoms with van der Waals surface area (Å²) >= 11 is 9.80. The van der Waals surface area contributed by atoms with E-state index in [-0.39, 0.29) is 0 Å². The van der Waals surface area contributed by atoms with Crippen LogP contribution in [-0.4, -0.2) is 4.98 Å². The quantitative estimate of drug-likeness (QED) is 0.741. The van der Waals surface area contributed by atoms with E-state index < -0.39 is 0 Å². The second-order valence-electron chi connectivity index (χ2n) is 4.05. The number of nitriles is 1. The van der Waals surface area contributed by atoms with Gasteiger partial charge in [-0.25, -0.2) is 0 Å². The molecule has 0 fully saturated rings. The zero-order valence-electron chi connectivity index (χ0n) is 10.2. The number of aryl methyl sites for hydroxylation is 1. The Morgan fingerprint density at radius 2 is 1.89 bits per heavy atom. The van der Waals surface area contributed by atoms with Gasteiger partial charge in [-0.3, -0.25) is 4.98 Å². The van der Waals surface area contributed by atoms with Gasteiger partial charge in [0, 0.05) is 16.9 Å². The molecule has 1 aromatic heterocycles. The zero-order chi connectivity index (χ0) is 13.8. The highest BCUT2D eigenvalue weighted by Crippen LogP contribution is 2.31. The van der Waals surface area contributed by atoms with Crippen molar-refractivity contribution < 1.29 is 0 Å². The predicted octanol–water partition coefficient (Wildman–Crippen LogP) is 4.78. The molecule has 0 unspecified atom stereocenters. The van der Waals surface area contributed by atoms with Crippen molar-refractivity contribution in [2.45, 2.75) is 6.92 Å². The standard InChI is InChI=1S/C15H10BrClN2/c1-10-6-12(8-13(16)7-10)15(17)14(9-18)11-2-4-19-5-3-11/h2-8H,1H3/b15-14+. The molecule has 1 heterocycles. The summed E-state index contributed by atoms with van der Waals surface area (Å²) in [4.78, 5) is 3.94. The number of pyridine rings is 1. The molecule has 0 N–H and O–H groups in total. The van der Waals surface area contributed by atoms with E-state index in [1.807, 2.05) is 25.1 Å². The van der Waals surface area contributed by atoms with Gasteiger partial charge in [-0.05, 0) is 47.9 Å². The lowest BCUT2D eigenvalue weighted by atomic mass is 10.0. The van der Waals surface area contributed by atoms with Crippen molar-refractivity contribution in [2.24, 2.45) is 0 Å². The van der Waals surface area contributed by atoms with E-state index in [0.29, 0.717) is 10.6 Å². The van der Waals surface area contributed by atoms with Crippen LogP contribution in [-0.2, 0) is 0 Å². The van der Waals surface area contributed by atoms with Crippen LogP contribution in [0, 0.1) is 18.3 Å². The summed E-state index contributed by atoms with van der Waals surface area (Å²) < 4.78 is 0.938. The molecule has 1 aromatic carbocycles. The van der Waals surface area contributed by atoms with Crippen LogP contribution < -0.4 is 0 Å². The smallest absolute Gasteiger partial charge is 0.101 e. The van der Waals surface area contributed by atoms with Gasteiger partial charge in [0.25, 0.3) is 0 Å². The topological polar surface area (TPSA) is 36.7 Å². The number of allylic oxidation sites excluding steroid dienone is 1. The molecule has 0 aliphatic heterocycles. The third-order valence-corrected chi connectivity index (χ3v) is 3.46. The highest BCUT2D eigenvalue weighted by Gasteiger charge is 2.10. The van der Waals surface area contributed by atoms with Gasteiger partial charge in [0.05, 0.1) is 10.6 Å². The van der Waals surface area contributed by atoms with Gasteiger partial charge < -0.3 is 0 Å². The molecule has 0 saturated carbocycles. The van der Waals surface area contributed by atoms with E-state index in [1.165, 1.54) is 0 Å². The Morgan fingerprint density at radius 3 is 2.47 bits per heavy atom. The van der Waals surface area contributed by atoms with Crippen molar-refractivity contribution in [3.63, 3.8) is 0 Å². The summed E-state index contributed by atoms with van der Waals surface area (Å²) in [6, 6.07) is 11.5. The largest absolute Gasteiger partial charge is 0.265 e. The second-order valence-corrected chi connectivity index (χ2v) is 5.35. The fourth-order valence-electron chi connectivity index (χ4n) is 1.77. The molecule has 2 aromatic rings. The molecule has 0 spiro atoms. The van der Waals surface area contributed by atoms with E-state index >= 15 is 0 Å². The minimum absolute atomic E-state index is 0.443. The number of benzene rings is 1. The van der Waals surface area contributed by atoms with Crippen LogP contribution >= 0.6 is 27.5 Å². The van der Waals surface area contributed by atoms with Crippen molar-refractivity contribution in [3.8, 4) is 6.07 Å². The minimum atomic E-state index is 0.443. The molecule has 19 heavy (non-hydrogen) atoms. The minimum Gasteiger partial charge on any atom is -0.265 e. The highest BCUT2D eigenvalue weighted by atomic mass is 79.9. The summed E-state index contributed by atoms with van der Waals surface area (Å²) in [5.41, 5.74) is 3.11. The molecule has 0 bridgehead atoms. The SMILES string of the molecule is Cc1cc(Br)cc(/C(Cl)=C(/C#N)c2ccncc2)c1. The van der Waals surface area contributed by atoms with Gasteiger partial charge in [0.15, 0.2) is 0 Å². The van der Waals surface area contributed by atoms with E-state index in [9.17, 15) is 5.26 Å². The molecule has 0 atom stereocenters. The summed E-state index contributed by atoms with van der Waals surface area (Å²) in [5.74, 6) is 0. The van der Waals surface area contributed by atoms with Gasteiger partial charge in [-0.2, -0.15) is 5.26 Å². The Morgan fingerprint density at radius 1 is 1.21 bits per heavy atom. The van der Waals surface area contributed by atoms with Crippen molar-refractivity contribution in [3.05, 3.63) is 63.9 Å². The van der Waals surface area contributed by atoms with E-state index in [0.717, 1.165) is 21.2 Å². The van der Waals surface area contributed by atoms with Crippen LogP contribution in [0.15, 0.2) is 47.2 Å². The van der Waals surface area contributed by atoms with Gasteiger partial charge in [0.2, 0.25) is 0 Å². The summed E-state index contributed by atoms with van der Waals surface area (Å²) in [5, 5.41) is 9.77. The van der Waals surface area contributed by atoms with Crippen molar-refractivity contribution in [1.29, 1.82) is 5.26 Å². The molecule has 0 amide bonds. The maximum Gasteiger partial charge on any atom is 0.101 e. The molecule has 4 heteroatoms. The van der Waals surface area contributed by atoms with Crippen LogP contribution in [0.25, 0.3) is 10.6 Å². The fourth-order valence-corrected chi connectivity index (χ4v) is 2.63. The third-order valence-electron chi connectivity index (χ3n) is 2.60. The Balaban J connectivity index is 2.59. The average Bonchev–Trinajstić information content (AvgIpc) is 2.39. The first kappa shape index (κ1) is 13.8. The van der Waals surface area contributed by atoms with Crippen molar-refractivity contribution in [1.82, 2.24) is 4.98 Å². The monoisotopic (exact) mass is 332 g/mol. The molecule has 2 rings (SSSR count). The molecule has 0 aliphatic rings. The van der Waals surface area contributed by atoms with Gasteiger partial charge >= 0.3 is 0 Å². The van der Waals surface area contributed by atoms with Gasteiger partial charge in [0.1, 0.15) is 6.07 Å². The number of hydrogen-bond acceptors (Lipinski definition) is 2. The lowest BCUT2D eigenvalue weighted by Gasteiger charge is -2.06. The number of aromatic nitrogens is 1. The normalized spacial score (nSPS) is 11.7. The first-order chi connectivity index (χ1) is 9.11. The molecule has 0 aliphatic carbocycles. The fraction of sp³-hybridized carbons (Fsp3) is 0.0667. The average molecular weight is 334 g/mol. The number of nitrogens with zero attached hydrogens (tertiary/aromatic N) is 2. The molecular weight excluding hydrogens is 324 g/mol. The van der Waals surface area contributed by atoms with Crippen LogP contribution in [0.3, 0.4) is 0 Å². The van der Waals surface area contributed by atoms with Crippen molar-refractivity contribution >= 4 is 38.1 Å². The lowest BCUT2D eigenvalue weighted by molar-refractivity contribution is 1.32. The maximum atomic E-state index is 9.33. The number of hydrogen-bond donors (Lipinski definition) is 0. The lowest BCUT2D eigenvalue weighted by Crippen LogP contribution is -1.88. The third kappa shape index (κ3) is 3.23. The summed E-state index contributed by atoms with van der Waals surface area (Å²) in [6.07, 6.45) is 3.28. The van der Waals surface area contributed by atoms with Crippen LogP contribution in [0.2, 0.25) is 0 Å². The van der Waals surface area contributed by atoms with E-state index in [1.54, 1.807) is 24.5 Å². The summed E-state index contributed by atoms with van der Waals surface area (Å²) in [6.45, 7) is 1.98. The summed E-state index contributed by atoms with van der Waals surface area (Å²) in [7, 11) is 0. The molecule has 0 radical (unpaired) electrons. The molecular formula is C15H10BrClN2. The number of halogens is 2. The van der Waals surface area contributed by atoms with Crippen LogP contribution in [0.5, 0.6) is 0 Å². The first-order valence-corrected chi connectivity index (χ1v) is 6.76. The first-order valence-electron chi connectivity index (χ1n) is 5.59. The Hall–Kier alpha value is -1.63. The second kappa shape index (κ2) is 6.01. The Labute approximate surface area is 125 Å². The van der Waals surface area contributed by atoms with E-state index in [2.05, 4.69) is 27.0 Å². The maximum absolute atomic E-state index is 9.33. The van der Waals surface area contributed by atoms with Gasteiger partial charge in [-0.15, -0.1) is 0 Å². The Bertz CT molecular complexity index is 652. The van der Waals surface area contributed by atoms with Crippen molar-refractivity contribution in [2.75, 3.05) is 0 Å². The van der Waals surface area contributed by atoms with Crippen LogP contribution in [0.1, 0.15) is 16.7 Å². The number of rotatable bonds is 2. The van der Waals surface area contributed by atoms with Gasteiger partial charge in [-0.1, -0.05) is 33.6 Å². The molecule has 94 valence electrons. The predicted molar refractivity (Wildman–Crippen MR) is 81.4 cm³/mol. The van der Waals surface area contributed by atoms with Crippen LogP contribution in [0.4, 0.5) is 0 Å². The van der Waals surface area contributed by atoms with E-state index in [4.69, 9.17) is 11.6 Å².